The molecule has 1 aliphatic carbocycles. The summed E-state index contributed by atoms with van der Waals surface area (Å²) in [6.45, 7) is 5.17. The van der Waals surface area contributed by atoms with Crippen LogP contribution in [0, 0.1) is 5.92 Å². The molecule has 1 aliphatic rings. The highest BCUT2D eigenvalue weighted by atomic mass is 15.2. The standard InChI is InChI=1S/C14H22N6/c1-3-15-14-19-12-11(16-8-17-12)13(20-14)18-10-6-4-9(2)5-7-10/h8-10H,3-7H2,1-2H3,(H3,15,16,17,18,19,20). The van der Waals surface area contributed by atoms with E-state index in [0.29, 0.717) is 17.6 Å². The number of H-pyrrole nitrogens is 1. The Labute approximate surface area is 118 Å². The van der Waals surface area contributed by atoms with Crippen LogP contribution >= 0.6 is 0 Å². The van der Waals surface area contributed by atoms with E-state index in [9.17, 15) is 0 Å². The van der Waals surface area contributed by atoms with Crippen LogP contribution in [0.15, 0.2) is 6.33 Å². The largest absolute Gasteiger partial charge is 0.365 e. The van der Waals surface area contributed by atoms with Gasteiger partial charge in [0.15, 0.2) is 11.5 Å². The van der Waals surface area contributed by atoms with Crippen LogP contribution in [0.1, 0.15) is 39.5 Å². The minimum atomic E-state index is 0.502. The molecule has 0 spiro atoms. The molecule has 2 aromatic heterocycles. The predicted molar refractivity (Wildman–Crippen MR) is 80.9 cm³/mol. The van der Waals surface area contributed by atoms with Crippen molar-refractivity contribution in [3.05, 3.63) is 6.33 Å². The zero-order chi connectivity index (χ0) is 13.9. The Bertz CT molecular complexity index is 570. The molecule has 0 aliphatic heterocycles. The summed E-state index contributed by atoms with van der Waals surface area (Å²) in [5, 5.41) is 6.73. The van der Waals surface area contributed by atoms with Crippen molar-refractivity contribution in [2.75, 3.05) is 17.2 Å². The summed E-state index contributed by atoms with van der Waals surface area (Å²) in [7, 11) is 0. The Morgan fingerprint density at radius 1 is 1.25 bits per heavy atom. The number of hydrogen-bond donors (Lipinski definition) is 3. The van der Waals surface area contributed by atoms with Crippen LogP contribution in [0.2, 0.25) is 0 Å². The summed E-state index contributed by atoms with van der Waals surface area (Å²) >= 11 is 0. The van der Waals surface area contributed by atoms with E-state index in [1.807, 2.05) is 6.92 Å². The van der Waals surface area contributed by atoms with E-state index in [1.54, 1.807) is 6.33 Å². The zero-order valence-corrected chi connectivity index (χ0v) is 12.1. The van der Waals surface area contributed by atoms with Gasteiger partial charge in [-0.05, 0) is 38.5 Å². The minimum Gasteiger partial charge on any atom is -0.365 e. The van der Waals surface area contributed by atoms with Crippen LogP contribution in [0.4, 0.5) is 11.8 Å². The van der Waals surface area contributed by atoms with E-state index in [1.165, 1.54) is 25.7 Å². The Hall–Kier alpha value is -1.85. The quantitative estimate of drug-likeness (QED) is 0.799. The van der Waals surface area contributed by atoms with Crippen molar-refractivity contribution in [3.63, 3.8) is 0 Å². The molecule has 108 valence electrons. The van der Waals surface area contributed by atoms with E-state index in [-0.39, 0.29) is 0 Å². The van der Waals surface area contributed by atoms with Gasteiger partial charge in [0.2, 0.25) is 5.95 Å². The smallest absolute Gasteiger partial charge is 0.226 e. The summed E-state index contributed by atoms with van der Waals surface area (Å²) in [4.78, 5) is 16.3. The van der Waals surface area contributed by atoms with Gasteiger partial charge in [0.1, 0.15) is 5.52 Å². The minimum absolute atomic E-state index is 0.502. The normalized spacial score (nSPS) is 22.9. The van der Waals surface area contributed by atoms with Crippen molar-refractivity contribution < 1.29 is 0 Å². The molecule has 0 unspecified atom stereocenters. The molecular weight excluding hydrogens is 252 g/mol. The number of rotatable bonds is 4. The van der Waals surface area contributed by atoms with Crippen molar-refractivity contribution >= 4 is 22.9 Å². The Kier molecular flexibility index (Phi) is 3.71. The summed E-state index contributed by atoms with van der Waals surface area (Å²) in [6, 6.07) is 0.502. The fraction of sp³-hybridized carbons (Fsp3) is 0.643. The number of anilines is 2. The number of nitrogens with one attached hydrogen (secondary N) is 3. The van der Waals surface area contributed by atoms with E-state index < -0.39 is 0 Å². The fourth-order valence-corrected chi connectivity index (χ4v) is 2.77. The van der Waals surface area contributed by atoms with Gasteiger partial charge in [-0.25, -0.2) is 4.98 Å². The van der Waals surface area contributed by atoms with Crippen LogP contribution in [0.3, 0.4) is 0 Å². The van der Waals surface area contributed by atoms with Gasteiger partial charge in [0, 0.05) is 12.6 Å². The number of aromatic nitrogens is 4. The third-order valence-corrected chi connectivity index (χ3v) is 3.98. The second-order valence-corrected chi connectivity index (χ2v) is 5.63. The predicted octanol–water partition coefficient (Wildman–Crippen LogP) is 2.78. The molecule has 0 saturated heterocycles. The summed E-state index contributed by atoms with van der Waals surface area (Å²) in [5.41, 5.74) is 1.60. The molecule has 0 radical (unpaired) electrons. The average molecular weight is 274 g/mol. The molecule has 1 saturated carbocycles. The molecule has 2 heterocycles. The molecule has 6 heteroatoms. The van der Waals surface area contributed by atoms with E-state index in [2.05, 4.69) is 37.5 Å². The first kappa shape index (κ1) is 13.1. The molecule has 1 fully saturated rings. The average Bonchev–Trinajstić information content (AvgIpc) is 2.90. The van der Waals surface area contributed by atoms with Gasteiger partial charge < -0.3 is 15.6 Å². The van der Waals surface area contributed by atoms with Crippen LogP contribution in [0.5, 0.6) is 0 Å². The Morgan fingerprint density at radius 3 is 2.80 bits per heavy atom. The fourth-order valence-electron chi connectivity index (χ4n) is 2.77. The van der Waals surface area contributed by atoms with E-state index >= 15 is 0 Å². The van der Waals surface area contributed by atoms with Crippen LogP contribution in [-0.4, -0.2) is 32.5 Å². The second kappa shape index (κ2) is 5.64. The van der Waals surface area contributed by atoms with Crippen molar-refractivity contribution in [2.45, 2.75) is 45.6 Å². The topological polar surface area (TPSA) is 78.5 Å². The van der Waals surface area contributed by atoms with E-state index in [4.69, 9.17) is 0 Å². The van der Waals surface area contributed by atoms with Gasteiger partial charge in [0.25, 0.3) is 0 Å². The number of fused-ring (bicyclic) bond motifs is 1. The maximum Gasteiger partial charge on any atom is 0.226 e. The Balaban J connectivity index is 1.83. The maximum atomic E-state index is 4.57. The summed E-state index contributed by atoms with van der Waals surface area (Å²) in [6.07, 6.45) is 6.65. The van der Waals surface area contributed by atoms with Crippen molar-refractivity contribution in [1.82, 2.24) is 19.9 Å². The molecule has 0 atom stereocenters. The number of hydrogen-bond acceptors (Lipinski definition) is 5. The van der Waals surface area contributed by atoms with Gasteiger partial charge in [0.05, 0.1) is 6.33 Å². The first-order valence-corrected chi connectivity index (χ1v) is 7.47. The maximum absolute atomic E-state index is 4.57. The molecule has 0 aromatic carbocycles. The summed E-state index contributed by atoms with van der Waals surface area (Å²) in [5.74, 6) is 2.35. The highest BCUT2D eigenvalue weighted by Crippen LogP contribution is 2.27. The lowest BCUT2D eigenvalue weighted by molar-refractivity contribution is 0.361. The molecule has 2 aromatic rings. The summed E-state index contributed by atoms with van der Waals surface area (Å²) < 4.78 is 0. The first-order valence-electron chi connectivity index (χ1n) is 7.47. The first-order chi connectivity index (χ1) is 9.76. The van der Waals surface area contributed by atoms with Crippen LogP contribution < -0.4 is 10.6 Å². The molecule has 0 amide bonds. The zero-order valence-electron chi connectivity index (χ0n) is 12.1. The van der Waals surface area contributed by atoms with Crippen LogP contribution in [-0.2, 0) is 0 Å². The van der Waals surface area contributed by atoms with Crippen LogP contribution in [0.25, 0.3) is 11.2 Å². The molecule has 3 N–H and O–H groups in total. The number of aromatic amines is 1. The molecule has 6 nitrogen and oxygen atoms in total. The number of imidazole rings is 1. The molecular formula is C14H22N6. The molecule has 20 heavy (non-hydrogen) atoms. The number of nitrogens with zero attached hydrogens (tertiary/aromatic N) is 3. The van der Waals surface area contributed by atoms with Gasteiger partial charge in [-0.2, -0.15) is 9.97 Å². The van der Waals surface area contributed by atoms with Crippen molar-refractivity contribution in [3.8, 4) is 0 Å². The highest BCUT2D eigenvalue weighted by Gasteiger charge is 2.20. The highest BCUT2D eigenvalue weighted by molar-refractivity contribution is 5.83. The monoisotopic (exact) mass is 274 g/mol. The molecule has 0 bridgehead atoms. The third-order valence-electron chi connectivity index (χ3n) is 3.98. The van der Waals surface area contributed by atoms with Gasteiger partial charge in [-0.1, -0.05) is 6.92 Å². The lowest BCUT2D eigenvalue weighted by Crippen LogP contribution is -2.26. The van der Waals surface area contributed by atoms with Gasteiger partial charge in [-0.15, -0.1) is 0 Å². The Morgan fingerprint density at radius 2 is 2.05 bits per heavy atom. The molecule has 3 rings (SSSR count). The van der Waals surface area contributed by atoms with Gasteiger partial charge >= 0.3 is 0 Å². The van der Waals surface area contributed by atoms with E-state index in [0.717, 1.165) is 23.8 Å². The SMILES string of the molecule is CCNc1nc(NC2CCC(C)CC2)c2[nH]cnc2n1. The lowest BCUT2D eigenvalue weighted by Gasteiger charge is -2.27. The lowest BCUT2D eigenvalue weighted by atomic mass is 9.87. The van der Waals surface area contributed by atoms with Crippen molar-refractivity contribution in [1.29, 1.82) is 0 Å². The second-order valence-electron chi connectivity index (χ2n) is 5.63. The van der Waals surface area contributed by atoms with Gasteiger partial charge in [-0.3, -0.25) is 0 Å². The van der Waals surface area contributed by atoms with Crippen molar-refractivity contribution in [2.24, 2.45) is 5.92 Å². The third kappa shape index (κ3) is 2.69.